The average molecular weight is 406 g/mol. The van der Waals surface area contributed by atoms with Gasteiger partial charge < -0.3 is 15.5 Å². The van der Waals surface area contributed by atoms with E-state index in [0.717, 1.165) is 70.4 Å². The molecular weight excluding hydrogens is 378 g/mol. The first kappa shape index (κ1) is 19.6. The molecule has 2 aromatic heterocycles. The highest BCUT2D eigenvalue weighted by Gasteiger charge is 2.14. The minimum Gasteiger partial charge on any atom is -0.361 e. The number of anilines is 3. The number of aromatic nitrogens is 2. The third-order valence-electron chi connectivity index (χ3n) is 5.11. The number of pyridine rings is 1. The number of nitrogens with one attached hydrogen (secondary N) is 2. The van der Waals surface area contributed by atoms with Gasteiger partial charge in [-0.05, 0) is 44.3 Å². The maximum absolute atomic E-state index is 4.88. The maximum atomic E-state index is 4.88. The third kappa shape index (κ3) is 4.49. The zero-order valence-electron chi connectivity index (χ0n) is 17.0. The molecule has 0 fully saturated rings. The third-order valence-corrected chi connectivity index (χ3v) is 6.01. The Kier molecular flexibility index (Phi) is 6.22. The Morgan fingerprint density at radius 3 is 2.48 bits per heavy atom. The molecule has 0 bridgehead atoms. The molecule has 0 aliphatic rings. The summed E-state index contributed by atoms with van der Waals surface area (Å²) in [7, 11) is 0. The second kappa shape index (κ2) is 9.20. The fourth-order valence-electron chi connectivity index (χ4n) is 3.48. The predicted molar refractivity (Wildman–Crippen MR) is 126 cm³/mol. The summed E-state index contributed by atoms with van der Waals surface area (Å²) in [5, 5.41) is 9.08. The first-order valence-corrected chi connectivity index (χ1v) is 11.1. The summed E-state index contributed by atoms with van der Waals surface area (Å²) in [5.41, 5.74) is 3.97. The molecule has 0 saturated carbocycles. The monoisotopic (exact) mass is 405 g/mol. The van der Waals surface area contributed by atoms with Gasteiger partial charge in [-0.2, -0.15) is 0 Å². The van der Waals surface area contributed by atoms with E-state index in [1.165, 1.54) is 0 Å². The highest BCUT2D eigenvalue weighted by molar-refractivity contribution is 7.21. The van der Waals surface area contributed by atoms with Crippen LogP contribution in [0.1, 0.15) is 20.3 Å². The van der Waals surface area contributed by atoms with E-state index >= 15 is 0 Å². The smallest absolute Gasteiger partial charge is 0.185 e. The number of hydrogen-bond donors (Lipinski definition) is 2. The van der Waals surface area contributed by atoms with Gasteiger partial charge in [0.2, 0.25) is 0 Å². The topological polar surface area (TPSA) is 53.1 Å². The van der Waals surface area contributed by atoms with Crippen molar-refractivity contribution in [2.45, 2.75) is 20.3 Å². The second-order valence-electron chi connectivity index (χ2n) is 6.97. The Balaban J connectivity index is 1.61. The number of nitrogens with zero attached hydrogens (tertiary/aromatic N) is 3. The molecule has 2 N–H and O–H groups in total. The molecule has 0 atom stereocenters. The van der Waals surface area contributed by atoms with Crippen LogP contribution in [0, 0.1) is 0 Å². The molecule has 0 amide bonds. The van der Waals surface area contributed by atoms with E-state index in [4.69, 9.17) is 9.97 Å². The Morgan fingerprint density at radius 1 is 0.931 bits per heavy atom. The fourth-order valence-corrected chi connectivity index (χ4v) is 4.36. The largest absolute Gasteiger partial charge is 0.361 e. The molecule has 0 aliphatic heterocycles. The van der Waals surface area contributed by atoms with Gasteiger partial charge in [-0.15, -0.1) is 0 Å². The number of benzene rings is 2. The first-order valence-electron chi connectivity index (χ1n) is 10.3. The van der Waals surface area contributed by atoms with Crippen LogP contribution in [-0.4, -0.2) is 41.0 Å². The van der Waals surface area contributed by atoms with Crippen LogP contribution in [0.5, 0.6) is 0 Å². The van der Waals surface area contributed by atoms with Crippen molar-refractivity contribution < 1.29 is 0 Å². The van der Waals surface area contributed by atoms with Crippen LogP contribution < -0.4 is 10.6 Å². The Morgan fingerprint density at radius 2 is 1.69 bits per heavy atom. The van der Waals surface area contributed by atoms with E-state index in [1.807, 2.05) is 30.3 Å². The lowest BCUT2D eigenvalue weighted by Gasteiger charge is -2.17. The number of hydrogen-bond acceptors (Lipinski definition) is 6. The molecule has 150 valence electrons. The van der Waals surface area contributed by atoms with Gasteiger partial charge in [0.05, 0.1) is 11.2 Å². The predicted octanol–water partition coefficient (Wildman–Crippen LogP) is 5.73. The van der Waals surface area contributed by atoms with E-state index in [-0.39, 0.29) is 0 Å². The molecule has 0 radical (unpaired) electrons. The second-order valence-corrected chi connectivity index (χ2v) is 7.95. The van der Waals surface area contributed by atoms with E-state index < -0.39 is 0 Å². The SMILES string of the molecule is CCN(CC)CCCNc1nc2c(Nc3ccccc3)c3ccccc3nc2s1. The minimum atomic E-state index is 0.914. The summed E-state index contributed by atoms with van der Waals surface area (Å²) < 4.78 is 0. The summed E-state index contributed by atoms with van der Waals surface area (Å²) >= 11 is 1.62. The number of fused-ring (bicyclic) bond motifs is 2. The lowest BCUT2D eigenvalue weighted by atomic mass is 10.1. The van der Waals surface area contributed by atoms with Crippen molar-refractivity contribution in [3.8, 4) is 0 Å². The zero-order valence-corrected chi connectivity index (χ0v) is 17.8. The van der Waals surface area contributed by atoms with E-state index in [9.17, 15) is 0 Å². The van der Waals surface area contributed by atoms with Crippen molar-refractivity contribution in [3.05, 3.63) is 54.6 Å². The number of para-hydroxylation sites is 2. The maximum Gasteiger partial charge on any atom is 0.185 e. The van der Waals surface area contributed by atoms with Gasteiger partial charge in [-0.25, -0.2) is 9.97 Å². The fraction of sp³-hybridized carbons (Fsp3) is 0.304. The van der Waals surface area contributed by atoms with Crippen molar-refractivity contribution in [3.63, 3.8) is 0 Å². The molecule has 4 rings (SSSR count). The summed E-state index contributed by atoms with van der Waals surface area (Å²) in [6, 6.07) is 18.5. The molecule has 0 spiro atoms. The molecule has 4 aromatic rings. The van der Waals surface area contributed by atoms with Crippen molar-refractivity contribution in [2.75, 3.05) is 36.8 Å². The quantitative estimate of drug-likeness (QED) is 0.348. The minimum absolute atomic E-state index is 0.914. The van der Waals surface area contributed by atoms with Gasteiger partial charge in [0.25, 0.3) is 0 Å². The average Bonchev–Trinajstić information content (AvgIpc) is 3.17. The Labute approximate surface area is 175 Å². The standard InChI is InChI=1S/C23H27N5S/c1-3-28(4-2)16-10-15-24-23-27-21-20(25-17-11-6-5-7-12-17)18-13-8-9-14-19(18)26-22(21)29-23/h5-9,11-14H,3-4,10,15-16H2,1-2H3,(H,24,27)(H,25,26). The van der Waals surface area contributed by atoms with Gasteiger partial charge in [0.15, 0.2) is 5.13 Å². The van der Waals surface area contributed by atoms with Gasteiger partial charge in [-0.1, -0.05) is 61.6 Å². The number of rotatable bonds is 9. The van der Waals surface area contributed by atoms with E-state index in [2.05, 4.69) is 53.6 Å². The molecule has 6 heteroatoms. The molecule has 2 aromatic carbocycles. The summed E-state index contributed by atoms with van der Waals surface area (Å²) in [6.07, 6.45) is 1.10. The molecule has 2 heterocycles. The van der Waals surface area contributed by atoms with Gasteiger partial charge in [0.1, 0.15) is 10.3 Å². The summed E-state index contributed by atoms with van der Waals surface area (Å²) in [4.78, 5) is 13.1. The van der Waals surface area contributed by atoms with Crippen LogP contribution in [0.3, 0.4) is 0 Å². The molecule has 0 saturated heterocycles. The van der Waals surface area contributed by atoms with E-state index in [1.54, 1.807) is 11.3 Å². The van der Waals surface area contributed by atoms with Crippen LogP contribution >= 0.6 is 11.3 Å². The van der Waals surface area contributed by atoms with Crippen LogP contribution in [-0.2, 0) is 0 Å². The lowest BCUT2D eigenvalue weighted by molar-refractivity contribution is 0.303. The van der Waals surface area contributed by atoms with Crippen LogP contribution in [0.2, 0.25) is 0 Å². The van der Waals surface area contributed by atoms with Gasteiger partial charge >= 0.3 is 0 Å². The van der Waals surface area contributed by atoms with E-state index in [0.29, 0.717) is 0 Å². The normalized spacial score (nSPS) is 11.4. The first-order chi connectivity index (χ1) is 14.3. The Bertz CT molecular complexity index is 1070. The van der Waals surface area contributed by atoms with Crippen LogP contribution in [0.25, 0.3) is 21.3 Å². The van der Waals surface area contributed by atoms with Crippen molar-refractivity contribution in [1.82, 2.24) is 14.9 Å². The molecule has 29 heavy (non-hydrogen) atoms. The molecule has 0 aliphatic carbocycles. The van der Waals surface area contributed by atoms with Gasteiger partial charge in [-0.3, -0.25) is 0 Å². The lowest BCUT2D eigenvalue weighted by Crippen LogP contribution is -2.25. The summed E-state index contributed by atoms with van der Waals surface area (Å²) in [6.45, 7) is 8.64. The van der Waals surface area contributed by atoms with Gasteiger partial charge in [0, 0.05) is 17.6 Å². The van der Waals surface area contributed by atoms with Crippen molar-refractivity contribution >= 4 is 49.1 Å². The van der Waals surface area contributed by atoms with Crippen molar-refractivity contribution in [2.24, 2.45) is 0 Å². The van der Waals surface area contributed by atoms with Crippen LogP contribution in [0.15, 0.2) is 54.6 Å². The highest BCUT2D eigenvalue weighted by atomic mass is 32.1. The summed E-state index contributed by atoms with van der Waals surface area (Å²) in [5.74, 6) is 0. The zero-order chi connectivity index (χ0) is 20.1. The van der Waals surface area contributed by atoms with Crippen molar-refractivity contribution in [1.29, 1.82) is 0 Å². The molecule has 0 unspecified atom stereocenters. The molecule has 5 nitrogen and oxygen atoms in total. The number of thiazole rings is 1. The highest BCUT2D eigenvalue weighted by Crippen LogP contribution is 2.36. The molecular formula is C23H27N5S. The van der Waals surface area contributed by atoms with Crippen LogP contribution in [0.4, 0.5) is 16.5 Å². The Hall–Kier alpha value is -2.70.